The standard InChI is InChI=1S/C54H66N10O8S4/c1-31(2)71-53(66)61-35-11-6-33(7-12-35)51-57-29-45(73-51)43-22-16-38(25-47(43)75(68,55-4)41-18-19-41)60-49-27-39(63-64-49)10-5-32(3)72-54(67)62-36-13-8-34(9-14-36)52-58-30-46(74-52)44-23-15-37(59-40-17-24-50(65)56-28-40)26-48(44)76(69,70)42-20-21-42/h15-17,22-36,41-42,59H,5-14,18-21H2,1-4H3,(H,56,65)(H,61,66)(H,62,67)(H2,60,63,64)/t32?,33-,34?,35-,36?,75?. The van der Waals surface area contributed by atoms with Crippen molar-refractivity contribution in [3.8, 4) is 20.9 Å². The van der Waals surface area contributed by atoms with Gasteiger partial charge in [-0.1, -0.05) is 12.1 Å². The van der Waals surface area contributed by atoms with E-state index in [-0.39, 0.29) is 63.2 Å². The molecule has 4 fully saturated rings. The number of rotatable bonds is 19. The van der Waals surface area contributed by atoms with Crippen molar-refractivity contribution in [2.75, 3.05) is 17.7 Å². The summed E-state index contributed by atoms with van der Waals surface area (Å²) in [5.41, 5.74) is 4.16. The van der Waals surface area contributed by atoms with Crippen LogP contribution in [0.2, 0.25) is 0 Å². The van der Waals surface area contributed by atoms with Crippen LogP contribution in [-0.4, -0.2) is 91.8 Å². The number of alkyl carbamates (subject to hydrolysis) is 2. The number of pyridine rings is 1. The van der Waals surface area contributed by atoms with E-state index in [4.69, 9.17) is 19.4 Å². The van der Waals surface area contributed by atoms with E-state index in [1.807, 2.05) is 63.4 Å². The van der Waals surface area contributed by atoms with Gasteiger partial charge < -0.3 is 35.7 Å². The number of carbonyl (C=O) groups excluding carboxylic acids is 2. The van der Waals surface area contributed by atoms with Crippen molar-refractivity contribution in [1.29, 1.82) is 0 Å². The fourth-order valence-corrected chi connectivity index (χ4v) is 16.9. The van der Waals surface area contributed by atoms with E-state index in [1.54, 1.807) is 42.9 Å². The summed E-state index contributed by atoms with van der Waals surface area (Å²) < 4.78 is 57.6. The molecule has 6 aromatic rings. The summed E-state index contributed by atoms with van der Waals surface area (Å²) >= 11 is 3.16. The normalized spacial score (nSPS) is 21.0. The number of benzene rings is 2. The number of nitrogens with zero attached hydrogens (tertiary/aromatic N) is 4. The van der Waals surface area contributed by atoms with Gasteiger partial charge >= 0.3 is 12.2 Å². The van der Waals surface area contributed by atoms with Crippen LogP contribution in [0.4, 0.5) is 32.5 Å². The zero-order chi connectivity index (χ0) is 53.1. The highest BCUT2D eigenvalue weighted by molar-refractivity contribution is 7.94. The maximum Gasteiger partial charge on any atom is 0.407 e. The van der Waals surface area contributed by atoms with E-state index in [9.17, 15) is 27.0 Å². The van der Waals surface area contributed by atoms with Crippen molar-refractivity contribution in [2.24, 2.45) is 4.36 Å². The Morgan fingerprint density at radius 1 is 0.697 bits per heavy atom. The number of thiazole rings is 2. The van der Waals surface area contributed by atoms with Crippen molar-refractivity contribution >= 4 is 77.3 Å². The van der Waals surface area contributed by atoms with Crippen LogP contribution in [0.15, 0.2) is 92.1 Å². The van der Waals surface area contributed by atoms with Gasteiger partial charge in [0.2, 0.25) is 5.56 Å². The molecule has 6 N–H and O–H groups in total. The molecule has 2 unspecified atom stereocenters. The molecule has 404 valence electrons. The summed E-state index contributed by atoms with van der Waals surface area (Å²) in [7, 11) is -4.61. The number of sulfone groups is 1. The van der Waals surface area contributed by atoms with Crippen molar-refractivity contribution in [3.63, 3.8) is 0 Å². The second-order valence-corrected chi connectivity index (χ2v) is 27.7. The molecule has 0 saturated heterocycles. The molecule has 2 atom stereocenters. The van der Waals surface area contributed by atoms with E-state index in [2.05, 4.69) is 40.8 Å². The lowest BCUT2D eigenvalue weighted by molar-refractivity contribution is 0.0967. The number of ether oxygens (including phenoxy) is 2. The fourth-order valence-electron chi connectivity index (χ4n) is 10.2. The highest BCUT2D eigenvalue weighted by atomic mass is 32.2. The number of amides is 2. The van der Waals surface area contributed by atoms with Gasteiger partial charge in [0.15, 0.2) is 15.7 Å². The van der Waals surface area contributed by atoms with E-state index in [0.29, 0.717) is 53.3 Å². The van der Waals surface area contributed by atoms with Crippen LogP contribution in [-0.2, 0) is 35.5 Å². The molecule has 10 rings (SSSR count). The minimum atomic E-state index is -3.55. The molecule has 4 heterocycles. The SMILES string of the molecule is CN=S(=O)(c1cc(Nc2cc(CCC(C)OC(=O)NC3CCC(c4ncc(-c5ccc(Nc6ccc(=O)[nH]c6)cc5S(=O)(=O)C5CC5)s4)CC3)[nH]n2)ccc1-c1cnc([C@H]2CC[C@H](NC(=O)OC(C)C)CC2)s1)C1CC1. The Balaban J connectivity index is 0.699. The van der Waals surface area contributed by atoms with Crippen LogP contribution in [0.3, 0.4) is 0 Å². The van der Waals surface area contributed by atoms with Crippen molar-refractivity contribution in [3.05, 3.63) is 99.3 Å². The quantitative estimate of drug-likeness (QED) is 0.0442. The highest BCUT2D eigenvalue weighted by Crippen LogP contribution is 2.46. The van der Waals surface area contributed by atoms with Gasteiger partial charge in [0, 0.05) is 95.1 Å². The smallest absolute Gasteiger partial charge is 0.407 e. The molecule has 22 heteroatoms. The summed E-state index contributed by atoms with van der Waals surface area (Å²) in [6.07, 6.45) is 14.8. The maximum atomic E-state index is 14.6. The average Bonchev–Trinajstić information content (AvgIpc) is 4.32. The summed E-state index contributed by atoms with van der Waals surface area (Å²) in [5, 5.41) is 21.9. The van der Waals surface area contributed by atoms with Crippen LogP contribution in [0, 0.1) is 0 Å². The summed E-state index contributed by atoms with van der Waals surface area (Å²) in [6.45, 7) is 5.56. The van der Waals surface area contributed by atoms with Gasteiger partial charge in [-0.3, -0.25) is 9.89 Å². The van der Waals surface area contributed by atoms with E-state index < -0.39 is 25.7 Å². The Hall–Kier alpha value is -6.10. The Bertz CT molecular complexity index is 3330. The molecular formula is C54H66N10O8S4. The molecule has 4 aliphatic rings. The first kappa shape index (κ1) is 53.3. The number of carbonyl (C=O) groups is 2. The number of hydrogen-bond donors (Lipinski definition) is 6. The maximum absolute atomic E-state index is 14.6. The van der Waals surface area contributed by atoms with Crippen molar-refractivity contribution in [2.45, 2.75) is 167 Å². The second kappa shape index (κ2) is 22.9. The number of anilines is 4. The molecule has 4 aromatic heterocycles. The van der Waals surface area contributed by atoms with Gasteiger partial charge in [-0.2, -0.15) is 5.10 Å². The topological polar surface area (TPSA) is 252 Å². The largest absolute Gasteiger partial charge is 0.447 e. The minimum absolute atomic E-state index is 0.00124. The summed E-state index contributed by atoms with van der Waals surface area (Å²) in [5.74, 6) is 1.08. The molecule has 2 amide bonds. The number of hydrogen-bond acceptors (Lipinski definition) is 16. The molecule has 76 heavy (non-hydrogen) atoms. The third-order valence-electron chi connectivity index (χ3n) is 14.6. The molecule has 2 aromatic carbocycles. The average molecular weight is 1110 g/mol. The molecule has 0 bridgehead atoms. The lowest BCUT2D eigenvalue weighted by Crippen LogP contribution is -2.39. The Labute approximate surface area is 451 Å². The Morgan fingerprint density at radius 3 is 1.80 bits per heavy atom. The van der Waals surface area contributed by atoms with Gasteiger partial charge in [-0.25, -0.2) is 36.5 Å². The van der Waals surface area contributed by atoms with Crippen LogP contribution in [0.1, 0.15) is 132 Å². The summed E-state index contributed by atoms with van der Waals surface area (Å²) in [4.78, 5) is 51.8. The third-order valence-corrected chi connectivity index (χ3v) is 22.2. The van der Waals surface area contributed by atoms with Gasteiger partial charge in [-0.15, -0.1) is 22.7 Å². The van der Waals surface area contributed by atoms with Crippen molar-refractivity contribution in [1.82, 2.24) is 35.8 Å². The number of aryl methyl sites for hydroxylation is 1. The number of nitrogens with one attached hydrogen (secondary N) is 6. The zero-order valence-corrected chi connectivity index (χ0v) is 46.4. The predicted molar refractivity (Wildman–Crippen MR) is 297 cm³/mol. The van der Waals surface area contributed by atoms with Crippen molar-refractivity contribution < 1.29 is 31.7 Å². The third kappa shape index (κ3) is 12.7. The Morgan fingerprint density at radius 2 is 1.25 bits per heavy atom. The zero-order valence-electron chi connectivity index (χ0n) is 43.1. The first-order valence-electron chi connectivity index (χ1n) is 26.4. The van der Waals surface area contributed by atoms with E-state index >= 15 is 0 Å². The highest BCUT2D eigenvalue weighted by Gasteiger charge is 2.40. The van der Waals surface area contributed by atoms with Gasteiger partial charge in [0.05, 0.1) is 56.3 Å². The predicted octanol–water partition coefficient (Wildman–Crippen LogP) is 11.3. The number of H-pyrrole nitrogens is 2. The Kier molecular flexibility index (Phi) is 16.0. The molecule has 0 spiro atoms. The molecular weight excluding hydrogens is 1040 g/mol. The molecule has 4 saturated carbocycles. The minimum Gasteiger partial charge on any atom is -0.447 e. The summed E-state index contributed by atoms with van der Waals surface area (Å²) in [6, 6.07) is 16.3. The van der Waals surface area contributed by atoms with Crippen LogP contribution >= 0.6 is 22.7 Å². The lowest BCUT2D eigenvalue weighted by atomic mass is 9.86. The molecule has 0 radical (unpaired) electrons. The van der Waals surface area contributed by atoms with Crippen LogP contribution in [0.25, 0.3) is 20.9 Å². The second-order valence-electron chi connectivity index (χ2n) is 20.8. The lowest BCUT2D eigenvalue weighted by Gasteiger charge is -2.28. The first-order valence-corrected chi connectivity index (χ1v) is 31.2. The number of aromatic amines is 2. The monoisotopic (exact) mass is 1110 g/mol. The fraction of sp³-hybridized carbons (Fsp3) is 0.481. The van der Waals surface area contributed by atoms with Crippen LogP contribution < -0.4 is 26.8 Å². The van der Waals surface area contributed by atoms with E-state index in [1.165, 1.54) is 17.4 Å². The molecule has 0 aliphatic heterocycles. The molecule has 18 nitrogen and oxygen atoms in total. The molecule has 4 aliphatic carbocycles. The van der Waals surface area contributed by atoms with Gasteiger partial charge in [0.25, 0.3) is 0 Å². The van der Waals surface area contributed by atoms with Gasteiger partial charge in [-0.05, 0) is 141 Å². The van der Waals surface area contributed by atoms with Crippen LogP contribution in [0.5, 0.6) is 0 Å². The first-order chi connectivity index (χ1) is 36.6. The van der Waals surface area contributed by atoms with E-state index in [0.717, 1.165) is 101 Å². The van der Waals surface area contributed by atoms with Gasteiger partial charge in [0.1, 0.15) is 6.10 Å². The number of aromatic nitrogens is 5.